The number of ether oxygens (including phenoxy) is 1. The maximum atomic E-state index is 12.7. The molecular weight excluding hydrogens is 324 g/mol. The van der Waals surface area contributed by atoms with Gasteiger partial charge in [0, 0.05) is 30.9 Å². The van der Waals surface area contributed by atoms with Crippen LogP contribution < -0.4 is 11.1 Å². The zero-order valence-corrected chi connectivity index (χ0v) is 16.0. The molecule has 0 aromatic heterocycles. The summed E-state index contributed by atoms with van der Waals surface area (Å²) in [6.07, 6.45) is 1.62. The highest BCUT2D eigenvalue weighted by molar-refractivity contribution is 5.88. The lowest BCUT2D eigenvalue weighted by Crippen LogP contribution is -2.75. The normalized spacial score (nSPS) is 26.0. The summed E-state index contributed by atoms with van der Waals surface area (Å²) >= 11 is 0. The van der Waals surface area contributed by atoms with Crippen LogP contribution in [0.1, 0.15) is 52.0 Å². The second-order valence-electron chi connectivity index (χ2n) is 7.07. The zero-order chi connectivity index (χ0) is 17.1. The van der Waals surface area contributed by atoms with Crippen LogP contribution in [0.15, 0.2) is 30.3 Å². The first-order valence-electron chi connectivity index (χ1n) is 8.60. The fraction of sp³-hybridized carbons (Fsp3) is 0.632. The van der Waals surface area contributed by atoms with Crippen LogP contribution in [-0.2, 0) is 9.53 Å². The fourth-order valence-corrected chi connectivity index (χ4v) is 3.42. The number of carbonyl (C=O) groups is 1. The number of carbonyl (C=O) groups excluding carboxylic acids is 1. The third kappa shape index (κ3) is 3.76. The second kappa shape index (κ2) is 8.32. The average Bonchev–Trinajstić information content (AvgIpc) is 2.55. The second-order valence-corrected chi connectivity index (χ2v) is 7.07. The predicted molar refractivity (Wildman–Crippen MR) is 100 cm³/mol. The molecule has 1 amide bonds. The molecule has 0 radical (unpaired) electrons. The molecule has 0 heterocycles. The molecule has 4 nitrogen and oxygen atoms in total. The van der Waals surface area contributed by atoms with Crippen molar-refractivity contribution in [3.63, 3.8) is 0 Å². The van der Waals surface area contributed by atoms with Gasteiger partial charge in [-0.3, -0.25) is 4.79 Å². The molecule has 1 aliphatic carbocycles. The molecule has 1 saturated carbocycles. The Hall–Kier alpha value is -1.10. The summed E-state index contributed by atoms with van der Waals surface area (Å²) in [5, 5.41) is 3.07. The van der Waals surface area contributed by atoms with E-state index in [0.29, 0.717) is 25.5 Å². The number of halogens is 1. The van der Waals surface area contributed by atoms with Crippen molar-refractivity contribution in [1.29, 1.82) is 0 Å². The van der Waals surface area contributed by atoms with Gasteiger partial charge in [0.1, 0.15) is 5.54 Å². The summed E-state index contributed by atoms with van der Waals surface area (Å²) in [7, 11) is 0. The number of hydrogen-bond donors (Lipinski definition) is 2. The highest BCUT2D eigenvalue weighted by Gasteiger charge is 2.62. The Balaban J connectivity index is 0.00000288. The van der Waals surface area contributed by atoms with E-state index >= 15 is 0 Å². The van der Waals surface area contributed by atoms with Crippen molar-refractivity contribution in [1.82, 2.24) is 5.32 Å². The first-order chi connectivity index (χ1) is 10.9. The first kappa shape index (κ1) is 20.9. The molecule has 24 heavy (non-hydrogen) atoms. The number of rotatable bonds is 7. The van der Waals surface area contributed by atoms with Crippen LogP contribution in [0.2, 0.25) is 0 Å². The predicted octanol–water partition coefficient (Wildman–Crippen LogP) is 3.25. The van der Waals surface area contributed by atoms with E-state index < -0.39 is 5.54 Å². The average molecular weight is 355 g/mol. The monoisotopic (exact) mass is 354 g/mol. The third-order valence-electron chi connectivity index (χ3n) is 5.51. The molecule has 136 valence electrons. The van der Waals surface area contributed by atoms with Gasteiger partial charge in [-0.2, -0.15) is 0 Å². The molecule has 0 saturated heterocycles. The van der Waals surface area contributed by atoms with Crippen LogP contribution in [-0.4, -0.2) is 30.7 Å². The Morgan fingerprint density at radius 1 is 1.33 bits per heavy atom. The minimum atomic E-state index is -0.845. The Morgan fingerprint density at radius 3 is 2.46 bits per heavy atom. The van der Waals surface area contributed by atoms with Gasteiger partial charge in [-0.25, -0.2) is 0 Å². The number of amides is 1. The maximum absolute atomic E-state index is 12.7. The van der Waals surface area contributed by atoms with Gasteiger partial charge < -0.3 is 15.8 Å². The van der Waals surface area contributed by atoms with Gasteiger partial charge in [0.15, 0.2) is 0 Å². The molecule has 3 atom stereocenters. The van der Waals surface area contributed by atoms with E-state index in [1.807, 2.05) is 39.0 Å². The van der Waals surface area contributed by atoms with Crippen molar-refractivity contribution in [2.24, 2.45) is 11.1 Å². The van der Waals surface area contributed by atoms with Crippen molar-refractivity contribution >= 4 is 18.3 Å². The molecule has 1 fully saturated rings. The number of nitrogens with one attached hydrogen (secondary N) is 1. The van der Waals surface area contributed by atoms with E-state index in [1.165, 1.54) is 5.56 Å². The van der Waals surface area contributed by atoms with Gasteiger partial charge in [-0.05, 0) is 18.9 Å². The molecule has 1 aromatic carbocycles. The van der Waals surface area contributed by atoms with Crippen molar-refractivity contribution in [3.8, 4) is 0 Å². The minimum Gasteiger partial charge on any atom is -0.378 e. The molecule has 0 bridgehead atoms. The first-order valence-corrected chi connectivity index (χ1v) is 8.60. The number of hydrogen-bond acceptors (Lipinski definition) is 3. The third-order valence-corrected chi connectivity index (χ3v) is 5.51. The topological polar surface area (TPSA) is 64.3 Å². The Bertz CT molecular complexity index is 535. The molecular formula is C19H31ClN2O2. The summed E-state index contributed by atoms with van der Waals surface area (Å²) in [4.78, 5) is 12.7. The van der Waals surface area contributed by atoms with E-state index in [2.05, 4.69) is 24.4 Å². The molecule has 1 aromatic rings. The van der Waals surface area contributed by atoms with Crippen LogP contribution in [0.5, 0.6) is 0 Å². The quantitative estimate of drug-likeness (QED) is 0.790. The smallest absolute Gasteiger partial charge is 0.240 e. The Labute approximate surface area is 151 Å². The lowest BCUT2D eigenvalue weighted by atomic mass is 9.54. The molecule has 2 rings (SSSR count). The van der Waals surface area contributed by atoms with E-state index in [-0.39, 0.29) is 29.8 Å². The Morgan fingerprint density at radius 2 is 1.96 bits per heavy atom. The van der Waals surface area contributed by atoms with Crippen LogP contribution in [0.25, 0.3) is 0 Å². The number of benzene rings is 1. The highest BCUT2D eigenvalue weighted by Crippen LogP contribution is 2.49. The van der Waals surface area contributed by atoms with Crippen molar-refractivity contribution in [2.75, 3.05) is 13.2 Å². The summed E-state index contributed by atoms with van der Waals surface area (Å²) in [5.41, 5.74) is 6.48. The van der Waals surface area contributed by atoms with E-state index in [0.717, 1.165) is 6.42 Å². The fourth-order valence-electron chi connectivity index (χ4n) is 3.42. The zero-order valence-electron chi connectivity index (χ0n) is 15.2. The van der Waals surface area contributed by atoms with E-state index in [1.54, 1.807) is 0 Å². The van der Waals surface area contributed by atoms with Gasteiger partial charge in [0.25, 0.3) is 0 Å². The van der Waals surface area contributed by atoms with Crippen LogP contribution in [0, 0.1) is 5.41 Å². The minimum absolute atomic E-state index is 0. The lowest BCUT2D eigenvalue weighted by Gasteiger charge is -2.57. The van der Waals surface area contributed by atoms with Gasteiger partial charge in [0.2, 0.25) is 5.91 Å². The van der Waals surface area contributed by atoms with Crippen molar-refractivity contribution in [3.05, 3.63) is 35.9 Å². The summed E-state index contributed by atoms with van der Waals surface area (Å²) in [6.45, 7) is 9.42. The van der Waals surface area contributed by atoms with Gasteiger partial charge >= 0.3 is 0 Å². The SMILES string of the molecule is CCOC1CC(N)(C(=O)NCC(CC)c2ccccc2)C1(C)C.Cl. The number of nitrogens with two attached hydrogens (primary N) is 1. The van der Waals surface area contributed by atoms with Gasteiger partial charge in [-0.1, -0.05) is 51.1 Å². The lowest BCUT2D eigenvalue weighted by molar-refractivity contribution is -0.170. The summed E-state index contributed by atoms with van der Waals surface area (Å²) in [5.74, 6) is 0.252. The van der Waals surface area contributed by atoms with Gasteiger partial charge in [-0.15, -0.1) is 12.4 Å². The van der Waals surface area contributed by atoms with Crippen molar-refractivity contribution in [2.45, 2.75) is 58.1 Å². The van der Waals surface area contributed by atoms with Gasteiger partial charge in [0.05, 0.1) is 6.10 Å². The van der Waals surface area contributed by atoms with Crippen molar-refractivity contribution < 1.29 is 9.53 Å². The summed E-state index contributed by atoms with van der Waals surface area (Å²) in [6, 6.07) is 10.3. The maximum Gasteiger partial charge on any atom is 0.240 e. The Kier molecular flexibility index (Phi) is 7.26. The molecule has 5 heteroatoms. The molecule has 3 unspecified atom stereocenters. The highest BCUT2D eigenvalue weighted by atomic mass is 35.5. The van der Waals surface area contributed by atoms with E-state index in [9.17, 15) is 4.79 Å². The van der Waals surface area contributed by atoms with E-state index in [4.69, 9.17) is 10.5 Å². The molecule has 3 N–H and O–H groups in total. The van der Waals surface area contributed by atoms with Crippen LogP contribution in [0.4, 0.5) is 0 Å². The molecule has 1 aliphatic rings. The van der Waals surface area contributed by atoms with Crippen LogP contribution in [0.3, 0.4) is 0 Å². The van der Waals surface area contributed by atoms with Crippen LogP contribution >= 0.6 is 12.4 Å². The summed E-state index contributed by atoms with van der Waals surface area (Å²) < 4.78 is 5.69. The standard InChI is InChI=1S/C19H30N2O2.ClH/c1-5-14(15-10-8-7-9-11-15)13-21-17(22)19(20)12-16(23-6-2)18(19,3)4;/h7-11,14,16H,5-6,12-13,20H2,1-4H3,(H,21,22);1H. The molecule has 0 aliphatic heterocycles. The molecule has 0 spiro atoms. The largest absolute Gasteiger partial charge is 0.378 e.